The van der Waals surface area contributed by atoms with Crippen LogP contribution in [0.5, 0.6) is 0 Å². The zero-order valence-electron chi connectivity index (χ0n) is 11.0. The SMILES string of the molecule is Cc1nc2c(c(=O)n(C)c(=O)n2C)n1[C@@H](C)C(=O)O. The van der Waals surface area contributed by atoms with E-state index in [4.69, 9.17) is 5.11 Å². The minimum Gasteiger partial charge on any atom is -0.480 e. The molecule has 0 saturated heterocycles. The van der Waals surface area contributed by atoms with Gasteiger partial charge in [-0.2, -0.15) is 0 Å². The van der Waals surface area contributed by atoms with Crippen LogP contribution < -0.4 is 11.2 Å². The third-order valence-electron chi connectivity index (χ3n) is 3.21. The summed E-state index contributed by atoms with van der Waals surface area (Å²) >= 11 is 0. The summed E-state index contributed by atoms with van der Waals surface area (Å²) in [4.78, 5) is 39.2. The fraction of sp³-hybridized carbons (Fsp3) is 0.455. The predicted octanol–water partition coefficient (Wildman–Crippen LogP) is -0.612. The molecule has 19 heavy (non-hydrogen) atoms. The van der Waals surface area contributed by atoms with Crippen molar-refractivity contribution in [1.82, 2.24) is 18.7 Å². The first-order chi connectivity index (χ1) is 8.77. The van der Waals surface area contributed by atoms with Crippen molar-refractivity contribution in [2.24, 2.45) is 14.1 Å². The van der Waals surface area contributed by atoms with Crippen LogP contribution in [-0.4, -0.2) is 29.8 Å². The van der Waals surface area contributed by atoms with Gasteiger partial charge in [0.15, 0.2) is 11.2 Å². The molecule has 2 rings (SSSR count). The lowest BCUT2D eigenvalue weighted by Crippen LogP contribution is -2.38. The third kappa shape index (κ3) is 1.67. The van der Waals surface area contributed by atoms with Crippen LogP contribution in [0.15, 0.2) is 9.59 Å². The van der Waals surface area contributed by atoms with Gasteiger partial charge in [-0.05, 0) is 13.8 Å². The van der Waals surface area contributed by atoms with Crippen LogP contribution in [0.4, 0.5) is 0 Å². The predicted molar refractivity (Wildman–Crippen MR) is 67.3 cm³/mol. The molecule has 8 heteroatoms. The molecule has 0 aliphatic heterocycles. The van der Waals surface area contributed by atoms with E-state index in [1.54, 1.807) is 6.92 Å². The van der Waals surface area contributed by atoms with Crippen LogP contribution >= 0.6 is 0 Å². The van der Waals surface area contributed by atoms with E-state index in [-0.39, 0.29) is 11.2 Å². The zero-order chi connectivity index (χ0) is 14.5. The maximum atomic E-state index is 12.2. The summed E-state index contributed by atoms with van der Waals surface area (Å²) in [6.07, 6.45) is 0. The molecule has 0 aliphatic carbocycles. The first-order valence-corrected chi connectivity index (χ1v) is 5.64. The second kappa shape index (κ2) is 4.08. The summed E-state index contributed by atoms with van der Waals surface area (Å²) in [5.74, 6) is -0.693. The van der Waals surface area contributed by atoms with Crippen LogP contribution in [-0.2, 0) is 18.9 Å². The number of carboxylic acid groups (broad SMARTS) is 1. The highest BCUT2D eigenvalue weighted by Gasteiger charge is 2.23. The Kier molecular flexibility index (Phi) is 2.80. The van der Waals surface area contributed by atoms with E-state index in [2.05, 4.69) is 4.98 Å². The number of aromatic nitrogens is 4. The van der Waals surface area contributed by atoms with Crippen molar-refractivity contribution in [2.45, 2.75) is 19.9 Å². The van der Waals surface area contributed by atoms with Crippen molar-refractivity contribution in [1.29, 1.82) is 0 Å². The molecule has 8 nitrogen and oxygen atoms in total. The molecule has 0 bridgehead atoms. The molecule has 0 spiro atoms. The van der Waals surface area contributed by atoms with E-state index in [0.717, 1.165) is 4.57 Å². The van der Waals surface area contributed by atoms with Crippen molar-refractivity contribution >= 4 is 17.1 Å². The third-order valence-corrected chi connectivity index (χ3v) is 3.21. The van der Waals surface area contributed by atoms with Gasteiger partial charge in [0.2, 0.25) is 0 Å². The molecule has 1 N–H and O–H groups in total. The number of aryl methyl sites for hydroxylation is 2. The van der Waals surface area contributed by atoms with Crippen LogP contribution in [0.3, 0.4) is 0 Å². The van der Waals surface area contributed by atoms with Crippen molar-refractivity contribution in [3.63, 3.8) is 0 Å². The highest BCUT2D eigenvalue weighted by molar-refractivity contribution is 5.77. The molecule has 0 radical (unpaired) electrons. The minimum absolute atomic E-state index is 0.122. The molecular formula is C11H14N4O4. The van der Waals surface area contributed by atoms with Gasteiger partial charge in [-0.25, -0.2) is 14.6 Å². The lowest BCUT2D eigenvalue weighted by atomic mass is 10.3. The first kappa shape index (κ1) is 13.1. The highest BCUT2D eigenvalue weighted by atomic mass is 16.4. The Morgan fingerprint density at radius 1 is 1.26 bits per heavy atom. The molecule has 0 fully saturated rings. The van der Waals surface area contributed by atoms with E-state index < -0.39 is 23.3 Å². The summed E-state index contributed by atoms with van der Waals surface area (Å²) in [5, 5.41) is 9.10. The molecule has 2 heterocycles. The molecule has 0 aromatic carbocycles. The molecule has 2 aromatic rings. The average Bonchev–Trinajstić information content (AvgIpc) is 2.70. The number of hydrogen-bond acceptors (Lipinski definition) is 4. The Labute approximate surface area is 107 Å². The Morgan fingerprint density at radius 2 is 1.84 bits per heavy atom. The minimum atomic E-state index is -1.07. The summed E-state index contributed by atoms with van der Waals surface area (Å²) in [6.45, 7) is 3.06. The fourth-order valence-corrected chi connectivity index (χ4v) is 2.11. The molecular weight excluding hydrogens is 252 g/mol. The van der Waals surface area contributed by atoms with Crippen LogP contribution in [0.1, 0.15) is 18.8 Å². The number of fused-ring (bicyclic) bond motifs is 1. The van der Waals surface area contributed by atoms with Crippen LogP contribution in [0.2, 0.25) is 0 Å². The standard InChI is InChI=1S/C11H14N4O4/c1-5(10(17)18)15-6(2)12-8-7(15)9(16)14(4)11(19)13(8)3/h5H,1-4H3,(H,17,18)/t5-/m0/s1. The monoisotopic (exact) mass is 266 g/mol. The van der Waals surface area contributed by atoms with Gasteiger partial charge in [0, 0.05) is 14.1 Å². The molecule has 2 aromatic heterocycles. The number of hydrogen-bond donors (Lipinski definition) is 1. The number of aliphatic carboxylic acids is 1. The second-order valence-corrected chi connectivity index (χ2v) is 4.42. The maximum Gasteiger partial charge on any atom is 0.332 e. The van der Waals surface area contributed by atoms with Crippen molar-refractivity contribution in [3.8, 4) is 0 Å². The van der Waals surface area contributed by atoms with Gasteiger partial charge in [-0.3, -0.25) is 13.9 Å². The summed E-state index contributed by atoms with van der Waals surface area (Å²) in [5.41, 5.74) is -0.729. The van der Waals surface area contributed by atoms with Crippen molar-refractivity contribution in [3.05, 3.63) is 26.7 Å². The normalized spacial score (nSPS) is 12.8. The van der Waals surface area contributed by atoms with Crippen LogP contribution in [0, 0.1) is 6.92 Å². The molecule has 0 aliphatic rings. The Morgan fingerprint density at radius 3 is 2.37 bits per heavy atom. The van der Waals surface area contributed by atoms with E-state index in [0.29, 0.717) is 5.82 Å². The maximum absolute atomic E-state index is 12.2. The topological polar surface area (TPSA) is 99.1 Å². The summed E-state index contributed by atoms with van der Waals surface area (Å²) in [7, 11) is 2.84. The van der Waals surface area contributed by atoms with E-state index in [1.165, 1.54) is 30.2 Å². The van der Waals surface area contributed by atoms with Gasteiger partial charge in [0.25, 0.3) is 5.56 Å². The first-order valence-electron chi connectivity index (χ1n) is 5.64. The average molecular weight is 266 g/mol. The smallest absolute Gasteiger partial charge is 0.332 e. The van der Waals surface area contributed by atoms with Crippen LogP contribution in [0.25, 0.3) is 11.2 Å². The molecule has 0 unspecified atom stereocenters. The quantitative estimate of drug-likeness (QED) is 0.781. The second-order valence-electron chi connectivity index (χ2n) is 4.42. The number of nitrogens with zero attached hydrogens (tertiary/aromatic N) is 4. The lowest BCUT2D eigenvalue weighted by Gasteiger charge is -2.11. The molecule has 0 saturated carbocycles. The fourth-order valence-electron chi connectivity index (χ4n) is 2.11. The largest absolute Gasteiger partial charge is 0.480 e. The summed E-state index contributed by atoms with van der Waals surface area (Å²) < 4.78 is 3.50. The Hall–Kier alpha value is -2.38. The lowest BCUT2D eigenvalue weighted by molar-refractivity contribution is -0.140. The molecule has 0 amide bonds. The number of imidazole rings is 1. The van der Waals surface area contributed by atoms with Gasteiger partial charge in [-0.15, -0.1) is 0 Å². The van der Waals surface area contributed by atoms with Gasteiger partial charge in [-0.1, -0.05) is 0 Å². The van der Waals surface area contributed by atoms with Gasteiger partial charge in [0.1, 0.15) is 11.9 Å². The summed E-state index contributed by atoms with van der Waals surface area (Å²) in [6, 6.07) is -0.935. The molecule has 102 valence electrons. The molecule has 1 atom stereocenters. The highest BCUT2D eigenvalue weighted by Crippen LogP contribution is 2.16. The van der Waals surface area contributed by atoms with E-state index in [1.807, 2.05) is 0 Å². The van der Waals surface area contributed by atoms with Crippen molar-refractivity contribution < 1.29 is 9.90 Å². The number of rotatable bonds is 2. The number of carboxylic acids is 1. The van der Waals surface area contributed by atoms with E-state index >= 15 is 0 Å². The Balaban J connectivity index is 3.04. The van der Waals surface area contributed by atoms with E-state index in [9.17, 15) is 14.4 Å². The Bertz CT molecular complexity index is 796. The number of carbonyl (C=O) groups is 1. The van der Waals surface area contributed by atoms with Gasteiger partial charge in [0.05, 0.1) is 0 Å². The zero-order valence-corrected chi connectivity index (χ0v) is 11.0. The van der Waals surface area contributed by atoms with Gasteiger partial charge < -0.3 is 9.67 Å². The van der Waals surface area contributed by atoms with Gasteiger partial charge >= 0.3 is 11.7 Å². The van der Waals surface area contributed by atoms with Crippen molar-refractivity contribution in [2.75, 3.05) is 0 Å².